The molecule has 55 heavy (non-hydrogen) atoms. The Morgan fingerprint density at radius 2 is 1.11 bits per heavy atom. The van der Waals surface area contributed by atoms with E-state index in [4.69, 9.17) is 19.9 Å². The molecule has 2 aromatic heterocycles. The molecule has 0 saturated carbocycles. The van der Waals surface area contributed by atoms with Crippen LogP contribution in [0.1, 0.15) is 141 Å². The zero-order chi connectivity index (χ0) is 38.3. The summed E-state index contributed by atoms with van der Waals surface area (Å²) >= 11 is 0. The second-order valence-corrected chi connectivity index (χ2v) is 16.9. The Kier molecular flexibility index (Phi) is 12.2. The minimum absolute atomic E-state index is 0.0453. The van der Waals surface area contributed by atoms with Gasteiger partial charge >= 0.3 is 0 Å². The molecular weight excluding hydrogens is 669 g/mol. The van der Waals surface area contributed by atoms with E-state index >= 15 is 0 Å². The van der Waals surface area contributed by atoms with Crippen molar-refractivity contribution in [3.8, 4) is 45.2 Å². The fourth-order valence-electron chi connectivity index (χ4n) is 8.77. The molecule has 0 spiro atoms. The van der Waals surface area contributed by atoms with Crippen LogP contribution in [0.15, 0.2) is 103 Å². The van der Waals surface area contributed by atoms with Crippen molar-refractivity contribution in [1.82, 2.24) is 19.9 Å². The van der Waals surface area contributed by atoms with Crippen molar-refractivity contribution in [2.75, 3.05) is 0 Å². The standard InChI is InChI=1S/C51H60N4/c1-6-8-10-12-14-20-33-51(34-21-15-13-11-9-7-2)44-28-19-18-26-41(44)42-31-29-38(35-45(42)51)46-32-30-39(36-52-46)47-53-48(55-49(54-47)50(3,4)5)43-27-22-24-37-23-16-17-25-40(37)43/h16-19,22-32,35-36H,6-15,20-21,33-34H2,1-5H3. The first kappa shape index (κ1) is 38.6. The van der Waals surface area contributed by atoms with E-state index in [-0.39, 0.29) is 10.8 Å². The molecule has 0 aliphatic heterocycles. The van der Waals surface area contributed by atoms with E-state index in [9.17, 15) is 0 Å². The summed E-state index contributed by atoms with van der Waals surface area (Å²) in [7, 11) is 0. The molecule has 4 heteroatoms. The number of pyridine rings is 1. The third kappa shape index (κ3) is 8.44. The minimum Gasteiger partial charge on any atom is -0.255 e. The summed E-state index contributed by atoms with van der Waals surface area (Å²) in [5, 5.41) is 2.31. The lowest BCUT2D eigenvalue weighted by Crippen LogP contribution is -2.25. The molecule has 1 aliphatic rings. The van der Waals surface area contributed by atoms with Gasteiger partial charge in [0.25, 0.3) is 0 Å². The van der Waals surface area contributed by atoms with Crippen molar-refractivity contribution >= 4 is 10.8 Å². The Labute approximate surface area is 330 Å². The Balaban J connectivity index is 1.22. The molecule has 0 unspecified atom stereocenters. The average molecular weight is 729 g/mol. The number of nitrogens with zero attached hydrogens (tertiary/aromatic N) is 4. The summed E-state index contributed by atoms with van der Waals surface area (Å²) in [5.74, 6) is 2.12. The molecular formula is C51H60N4. The van der Waals surface area contributed by atoms with Crippen LogP contribution in [0, 0.1) is 0 Å². The quantitative estimate of drug-likeness (QED) is 0.0878. The van der Waals surface area contributed by atoms with Gasteiger partial charge in [-0.05, 0) is 64.1 Å². The zero-order valence-electron chi connectivity index (χ0n) is 34.0. The maximum Gasteiger partial charge on any atom is 0.165 e. The first-order valence-corrected chi connectivity index (χ1v) is 21.3. The first-order valence-electron chi connectivity index (χ1n) is 21.3. The van der Waals surface area contributed by atoms with Gasteiger partial charge in [0.05, 0.1) is 5.69 Å². The summed E-state index contributed by atoms with van der Waals surface area (Å²) in [6.45, 7) is 11.1. The number of hydrogen-bond donors (Lipinski definition) is 0. The van der Waals surface area contributed by atoms with Gasteiger partial charge in [-0.25, -0.2) is 15.0 Å². The number of benzene rings is 4. The van der Waals surface area contributed by atoms with Crippen molar-refractivity contribution in [3.05, 3.63) is 120 Å². The number of hydrogen-bond acceptors (Lipinski definition) is 4. The Morgan fingerprint density at radius 3 is 1.82 bits per heavy atom. The van der Waals surface area contributed by atoms with Gasteiger partial charge in [-0.2, -0.15) is 0 Å². The molecule has 0 fully saturated rings. The molecule has 6 aromatic rings. The number of aromatic nitrogens is 4. The number of rotatable bonds is 17. The highest BCUT2D eigenvalue weighted by molar-refractivity contribution is 5.95. The van der Waals surface area contributed by atoms with Gasteiger partial charge in [-0.15, -0.1) is 0 Å². The van der Waals surface area contributed by atoms with Gasteiger partial charge in [0.1, 0.15) is 5.82 Å². The van der Waals surface area contributed by atoms with Crippen molar-refractivity contribution in [1.29, 1.82) is 0 Å². The predicted molar refractivity (Wildman–Crippen MR) is 232 cm³/mol. The fourth-order valence-corrected chi connectivity index (χ4v) is 8.77. The molecule has 0 saturated heterocycles. The van der Waals surface area contributed by atoms with E-state index in [1.165, 1.54) is 118 Å². The van der Waals surface area contributed by atoms with E-state index < -0.39 is 0 Å². The molecule has 7 rings (SSSR count). The van der Waals surface area contributed by atoms with E-state index in [1.54, 1.807) is 5.56 Å². The molecule has 0 bridgehead atoms. The van der Waals surface area contributed by atoms with Crippen LogP contribution in [0.3, 0.4) is 0 Å². The summed E-state index contributed by atoms with van der Waals surface area (Å²) in [6.07, 6.45) is 20.2. The van der Waals surface area contributed by atoms with Crippen LogP contribution in [0.5, 0.6) is 0 Å². The lowest BCUT2D eigenvalue weighted by Gasteiger charge is -2.33. The summed E-state index contributed by atoms with van der Waals surface area (Å²) in [5.41, 5.74) is 9.75. The highest BCUT2D eigenvalue weighted by Gasteiger charge is 2.42. The van der Waals surface area contributed by atoms with Crippen LogP contribution < -0.4 is 0 Å². The van der Waals surface area contributed by atoms with Crippen molar-refractivity contribution in [2.24, 2.45) is 0 Å². The molecule has 4 aromatic carbocycles. The van der Waals surface area contributed by atoms with Crippen LogP contribution in [0.25, 0.3) is 55.9 Å². The lowest BCUT2D eigenvalue weighted by molar-refractivity contribution is 0.398. The molecule has 0 radical (unpaired) electrons. The Bertz CT molecular complexity index is 2170. The van der Waals surface area contributed by atoms with E-state index in [1.807, 2.05) is 6.20 Å². The first-order chi connectivity index (χ1) is 26.8. The largest absolute Gasteiger partial charge is 0.255 e. The highest BCUT2D eigenvalue weighted by Crippen LogP contribution is 2.55. The zero-order valence-corrected chi connectivity index (χ0v) is 34.0. The van der Waals surface area contributed by atoms with Crippen LogP contribution in [0.2, 0.25) is 0 Å². The molecule has 1 aliphatic carbocycles. The maximum atomic E-state index is 5.10. The van der Waals surface area contributed by atoms with Gasteiger partial charge < -0.3 is 0 Å². The second kappa shape index (κ2) is 17.4. The Hall–Kier alpha value is -4.70. The molecule has 0 N–H and O–H groups in total. The van der Waals surface area contributed by atoms with E-state index in [0.717, 1.165) is 28.0 Å². The predicted octanol–water partition coefficient (Wildman–Crippen LogP) is 14.5. The molecule has 2 heterocycles. The summed E-state index contributed by atoms with van der Waals surface area (Å²) in [4.78, 5) is 20.2. The van der Waals surface area contributed by atoms with Crippen LogP contribution in [-0.4, -0.2) is 19.9 Å². The van der Waals surface area contributed by atoms with Gasteiger partial charge in [0.15, 0.2) is 11.6 Å². The van der Waals surface area contributed by atoms with Gasteiger partial charge in [-0.3, -0.25) is 4.98 Å². The summed E-state index contributed by atoms with van der Waals surface area (Å²) in [6, 6.07) is 35.5. The maximum absolute atomic E-state index is 5.10. The average Bonchev–Trinajstić information content (AvgIpc) is 3.48. The van der Waals surface area contributed by atoms with Crippen LogP contribution in [0.4, 0.5) is 0 Å². The van der Waals surface area contributed by atoms with Crippen molar-refractivity contribution < 1.29 is 0 Å². The van der Waals surface area contributed by atoms with Gasteiger partial charge in [-0.1, -0.05) is 191 Å². The van der Waals surface area contributed by atoms with Crippen LogP contribution >= 0.6 is 0 Å². The minimum atomic E-state index is -0.246. The monoisotopic (exact) mass is 728 g/mol. The topological polar surface area (TPSA) is 51.6 Å². The molecule has 4 nitrogen and oxygen atoms in total. The van der Waals surface area contributed by atoms with Crippen LogP contribution in [-0.2, 0) is 10.8 Å². The molecule has 284 valence electrons. The fraction of sp³-hybridized carbons (Fsp3) is 0.412. The normalized spacial score (nSPS) is 13.3. The molecule has 0 atom stereocenters. The highest BCUT2D eigenvalue weighted by atomic mass is 15.0. The lowest BCUT2D eigenvalue weighted by atomic mass is 9.70. The SMILES string of the molecule is CCCCCCCCC1(CCCCCCCC)c2ccccc2-c2ccc(-c3ccc(-c4nc(-c5cccc6ccccc56)nc(C(C)(C)C)n4)cn3)cc21. The van der Waals surface area contributed by atoms with Gasteiger partial charge in [0.2, 0.25) is 0 Å². The third-order valence-corrected chi connectivity index (χ3v) is 11.8. The third-order valence-electron chi connectivity index (χ3n) is 11.8. The van der Waals surface area contributed by atoms with Gasteiger partial charge in [0, 0.05) is 33.7 Å². The number of unbranched alkanes of at least 4 members (excludes halogenated alkanes) is 10. The number of fused-ring (bicyclic) bond motifs is 4. The smallest absolute Gasteiger partial charge is 0.165 e. The molecule has 0 amide bonds. The Morgan fingerprint density at radius 1 is 0.509 bits per heavy atom. The van der Waals surface area contributed by atoms with Crippen molar-refractivity contribution in [3.63, 3.8) is 0 Å². The summed E-state index contributed by atoms with van der Waals surface area (Å²) < 4.78 is 0. The second-order valence-electron chi connectivity index (χ2n) is 16.9. The van der Waals surface area contributed by atoms with E-state index in [2.05, 4.69) is 132 Å². The van der Waals surface area contributed by atoms with E-state index in [0.29, 0.717) is 11.6 Å². The van der Waals surface area contributed by atoms with Crippen molar-refractivity contribution in [2.45, 2.75) is 135 Å².